The van der Waals surface area contributed by atoms with Gasteiger partial charge in [0.25, 0.3) is 0 Å². The third-order valence-corrected chi connectivity index (χ3v) is 5.59. The van der Waals surface area contributed by atoms with Gasteiger partial charge in [-0.05, 0) is 41.6 Å². The molecule has 0 radical (unpaired) electrons. The Balaban J connectivity index is 1.82. The Hall–Kier alpha value is -0.680. The number of hydrogen-bond acceptors (Lipinski definition) is 3. The van der Waals surface area contributed by atoms with Gasteiger partial charge in [0.05, 0.1) is 0 Å². The van der Waals surface area contributed by atoms with Crippen LogP contribution in [0, 0.1) is 0 Å². The summed E-state index contributed by atoms with van der Waals surface area (Å²) in [4.78, 5) is 1.27. The van der Waals surface area contributed by atoms with Crippen LogP contribution in [0.4, 0.5) is 0 Å². The van der Waals surface area contributed by atoms with Gasteiger partial charge in [-0.15, -0.1) is 22.7 Å². The molecule has 1 atom stereocenters. The maximum Gasteiger partial charge on any atom is 0.0454 e. The molecule has 0 amide bonds. The predicted octanol–water partition coefficient (Wildman–Crippen LogP) is 4.97. The average Bonchev–Trinajstić information content (AvgIpc) is 2.88. The van der Waals surface area contributed by atoms with Crippen LogP contribution in [-0.4, -0.2) is 0 Å². The fourth-order valence-corrected chi connectivity index (χ4v) is 4.55. The number of fused-ring (bicyclic) bond motifs is 1. The van der Waals surface area contributed by atoms with Crippen molar-refractivity contribution in [1.82, 2.24) is 0 Å². The summed E-state index contributed by atoms with van der Waals surface area (Å²) in [5, 5.41) is 2.13. The molecule has 1 aromatic carbocycles. The van der Waals surface area contributed by atoms with E-state index in [1.54, 1.807) is 11.3 Å². The van der Waals surface area contributed by atoms with E-state index in [4.69, 9.17) is 5.73 Å². The van der Waals surface area contributed by atoms with Gasteiger partial charge in [0.2, 0.25) is 0 Å². The summed E-state index contributed by atoms with van der Waals surface area (Å²) in [6, 6.07) is 12.8. The first kappa shape index (κ1) is 12.4. The van der Waals surface area contributed by atoms with Crippen LogP contribution in [0.2, 0.25) is 0 Å². The lowest BCUT2D eigenvalue weighted by atomic mass is 10.1. The number of rotatable bonds is 3. The van der Waals surface area contributed by atoms with Crippen LogP contribution < -0.4 is 5.73 Å². The fourth-order valence-electron chi connectivity index (χ4n) is 1.99. The Bertz CT molecular complexity index is 643. The lowest BCUT2D eigenvalue weighted by Crippen LogP contribution is -2.11. The van der Waals surface area contributed by atoms with Gasteiger partial charge < -0.3 is 5.73 Å². The molecule has 2 heterocycles. The summed E-state index contributed by atoms with van der Waals surface area (Å²) in [5.74, 6) is 0. The first-order chi connectivity index (χ1) is 8.72. The molecule has 1 unspecified atom stereocenters. The smallest absolute Gasteiger partial charge is 0.0454 e. The van der Waals surface area contributed by atoms with E-state index < -0.39 is 0 Å². The van der Waals surface area contributed by atoms with Gasteiger partial charge in [0, 0.05) is 24.8 Å². The monoisotopic (exact) mass is 337 g/mol. The van der Waals surface area contributed by atoms with Gasteiger partial charge in [-0.2, -0.15) is 0 Å². The van der Waals surface area contributed by atoms with Crippen molar-refractivity contribution >= 4 is 48.0 Å². The van der Waals surface area contributed by atoms with Crippen LogP contribution in [0.3, 0.4) is 0 Å². The van der Waals surface area contributed by atoms with Gasteiger partial charge in [0.1, 0.15) is 0 Å². The maximum atomic E-state index is 6.30. The largest absolute Gasteiger partial charge is 0.323 e. The summed E-state index contributed by atoms with van der Waals surface area (Å²) in [6.07, 6.45) is 0.882. The first-order valence-corrected chi connectivity index (χ1v) is 8.18. The highest BCUT2D eigenvalue weighted by atomic mass is 79.9. The summed E-state index contributed by atoms with van der Waals surface area (Å²) in [7, 11) is 0. The molecule has 3 rings (SSSR count). The van der Waals surface area contributed by atoms with Gasteiger partial charge in [-0.25, -0.2) is 0 Å². The maximum absolute atomic E-state index is 6.30. The lowest BCUT2D eigenvalue weighted by Gasteiger charge is -2.09. The van der Waals surface area contributed by atoms with Crippen LogP contribution in [0.15, 0.2) is 46.3 Å². The van der Waals surface area contributed by atoms with E-state index >= 15 is 0 Å². The summed E-state index contributed by atoms with van der Waals surface area (Å²) >= 11 is 7.08. The molecule has 0 saturated heterocycles. The van der Waals surface area contributed by atoms with Crippen molar-refractivity contribution in [2.75, 3.05) is 0 Å². The average molecular weight is 338 g/mol. The van der Waals surface area contributed by atoms with E-state index in [2.05, 4.69) is 51.6 Å². The minimum absolute atomic E-state index is 0.0869. The number of thiophene rings is 2. The molecule has 0 spiro atoms. The second-order valence-electron chi connectivity index (χ2n) is 4.24. The molecule has 1 nitrogen and oxygen atoms in total. The zero-order chi connectivity index (χ0) is 12.5. The van der Waals surface area contributed by atoms with Gasteiger partial charge >= 0.3 is 0 Å². The zero-order valence-electron chi connectivity index (χ0n) is 9.60. The molecule has 0 aliphatic rings. The van der Waals surface area contributed by atoms with Crippen molar-refractivity contribution in [1.29, 1.82) is 0 Å². The van der Waals surface area contributed by atoms with E-state index in [0.717, 1.165) is 10.9 Å². The van der Waals surface area contributed by atoms with Gasteiger partial charge in [-0.3, -0.25) is 0 Å². The Morgan fingerprint density at radius 3 is 2.83 bits per heavy atom. The van der Waals surface area contributed by atoms with Crippen molar-refractivity contribution < 1.29 is 0 Å². The highest BCUT2D eigenvalue weighted by Crippen LogP contribution is 2.33. The Morgan fingerprint density at radius 1 is 1.17 bits per heavy atom. The molecule has 2 aromatic heterocycles. The van der Waals surface area contributed by atoms with Crippen LogP contribution in [-0.2, 0) is 6.42 Å². The van der Waals surface area contributed by atoms with Crippen LogP contribution in [0.5, 0.6) is 0 Å². The van der Waals surface area contributed by atoms with Gasteiger partial charge in [-0.1, -0.05) is 28.1 Å². The van der Waals surface area contributed by atoms with E-state index in [0.29, 0.717) is 0 Å². The normalized spacial score (nSPS) is 13.0. The highest BCUT2D eigenvalue weighted by Gasteiger charge is 2.11. The molecule has 92 valence electrons. The highest BCUT2D eigenvalue weighted by molar-refractivity contribution is 9.10. The fraction of sp³-hybridized carbons (Fsp3) is 0.143. The van der Waals surface area contributed by atoms with E-state index in [-0.39, 0.29) is 6.04 Å². The number of benzene rings is 1. The van der Waals surface area contributed by atoms with E-state index in [1.807, 2.05) is 17.4 Å². The van der Waals surface area contributed by atoms with E-state index in [1.165, 1.54) is 19.8 Å². The number of nitrogens with two attached hydrogens (primary N) is 1. The van der Waals surface area contributed by atoms with Gasteiger partial charge in [0.15, 0.2) is 0 Å². The van der Waals surface area contributed by atoms with Crippen LogP contribution >= 0.6 is 38.6 Å². The van der Waals surface area contributed by atoms with E-state index in [9.17, 15) is 0 Å². The molecule has 0 saturated carbocycles. The Morgan fingerprint density at radius 2 is 2.06 bits per heavy atom. The standard InChI is InChI=1S/C14H12BrNS2/c15-10-3-1-2-9(6-10)7-11(16)13-8-14-12(18-13)4-5-17-14/h1-6,8,11H,7,16H2. The topological polar surface area (TPSA) is 26.0 Å². The molecule has 4 heteroatoms. The van der Waals surface area contributed by atoms with Crippen molar-refractivity contribution in [3.63, 3.8) is 0 Å². The quantitative estimate of drug-likeness (QED) is 0.717. The first-order valence-electron chi connectivity index (χ1n) is 5.69. The third-order valence-electron chi connectivity index (χ3n) is 2.87. The molecular weight excluding hydrogens is 326 g/mol. The molecule has 0 fully saturated rings. The van der Waals surface area contributed by atoms with Crippen molar-refractivity contribution in [3.05, 3.63) is 56.7 Å². The number of halogens is 1. The molecule has 2 N–H and O–H groups in total. The second-order valence-corrected chi connectivity index (χ2v) is 7.22. The summed E-state index contributed by atoms with van der Waals surface area (Å²) < 4.78 is 3.80. The SMILES string of the molecule is NC(Cc1cccc(Br)c1)c1cc2sccc2s1. The van der Waals surface area contributed by atoms with Crippen molar-refractivity contribution in [3.8, 4) is 0 Å². The molecule has 0 aliphatic carbocycles. The minimum atomic E-state index is 0.0869. The summed E-state index contributed by atoms with van der Waals surface area (Å²) in [6.45, 7) is 0. The van der Waals surface area contributed by atoms with Crippen molar-refractivity contribution in [2.24, 2.45) is 5.73 Å². The third kappa shape index (κ3) is 2.52. The predicted molar refractivity (Wildman–Crippen MR) is 84.5 cm³/mol. The summed E-state index contributed by atoms with van der Waals surface area (Å²) in [5.41, 5.74) is 7.57. The Kier molecular flexibility index (Phi) is 3.52. The second kappa shape index (κ2) is 5.13. The molecular formula is C14H12BrNS2. The minimum Gasteiger partial charge on any atom is -0.323 e. The lowest BCUT2D eigenvalue weighted by molar-refractivity contribution is 0.737. The molecule has 18 heavy (non-hydrogen) atoms. The van der Waals surface area contributed by atoms with Crippen LogP contribution in [0.25, 0.3) is 9.40 Å². The van der Waals surface area contributed by atoms with Crippen molar-refractivity contribution in [2.45, 2.75) is 12.5 Å². The molecule has 3 aromatic rings. The number of hydrogen-bond donors (Lipinski definition) is 1. The molecule has 0 bridgehead atoms. The molecule has 0 aliphatic heterocycles. The Labute approximate surface area is 122 Å². The zero-order valence-corrected chi connectivity index (χ0v) is 12.8. The van der Waals surface area contributed by atoms with Crippen LogP contribution in [0.1, 0.15) is 16.5 Å².